The second-order valence-electron chi connectivity index (χ2n) is 8.01. The van der Waals surface area contributed by atoms with Gasteiger partial charge in [0.05, 0.1) is 19.8 Å². The standard InChI is InChI=1S/C22H28O5S/c1-4-15-5-6-16(28-15)7-13-8-17-14(9-18(13)26-3)11-27-22(17)10-12(2)19(23)20(24)21(22)25/h5-6,8-9,12,19-21,23-25H,4,7,10-11H2,1-3H3/t12-,19+,20-,21+,22+/m0/s1. The normalized spacial score (nSPS) is 31.9. The number of ether oxygens (including phenoxy) is 2. The minimum absolute atomic E-state index is 0.181. The van der Waals surface area contributed by atoms with E-state index in [9.17, 15) is 15.3 Å². The first kappa shape index (κ1) is 19.9. The van der Waals surface area contributed by atoms with Gasteiger partial charge in [-0.1, -0.05) is 13.8 Å². The van der Waals surface area contributed by atoms with Gasteiger partial charge in [-0.25, -0.2) is 0 Å². The summed E-state index contributed by atoms with van der Waals surface area (Å²) in [4.78, 5) is 2.61. The van der Waals surface area contributed by atoms with E-state index in [1.54, 1.807) is 18.4 Å². The van der Waals surface area contributed by atoms with Crippen molar-refractivity contribution < 1.29 is 24.8 Å². The second-order valence-corrected chi connectivity index (χ2v) is 9.26. The van der Waals surface area contributed by atoms with Gasteiger partial charge in [-0.15, -0.1) is 11.3 Å². The van der Waals surface area contributed by atoms with Crippen LogP contribution in [0.5, 0.6) is 5.75 Å². The Morgan fingerprint density at radius 3 is 2.61 bits per heavy atom. The van der Waals surface area contributed by atoms with Crippen LogP contribution in [0.4, 0.5) is 0 Å². The number of aryl methyl sites for hydroxylation is 1. The maximum absolute atomic E-state index is 10.8. The molecule has 1 aromatic carbocycles. The van der Waals surface area contributed by atoms with E-state index >= 15 is 0 Å². The minimum Gasteiger partial charge on any atom is -0.496 e. The summed E-state index contributed by atoms with van der Waals surface area (Å²) in [7, 11) is 1.67. The molecule has 2 heterocycles. The number of rotatable bonds is 4. The van der Waals surface area contributed by atoms with Gasteiger partial charge < -0.3 is 24.8 Å². The van der Waals surface area contributed by atoms with Gasteiger partial charge in [-0.05, 0) is 59.7 Å². The van der Waals surface area contributed by atoms with Crippen molar-refractivity contribution in [1.29, 1.82) is 0 Å². The molecule has 152 valence electrons. The first-order chi connectivity index (χ1) is 13.4. The molecule has 1 spiro atoms. The minimum atomic E-state index is -1.23. The van der Waals surface area contributed by atoms with Crippen molar-refractivity contribution in [3.05, 3.63) is 50.7 Å². The highest BCUT2D eigenvalue weighted by Gasteiger charge is 2.56. The summed E-state index contributed by atoms with van der Waals surface area (Å²) in [6, 6.07) is 8.37. The first-order valence-corrected chi connectivity index (χ1v) is 10.7. The number of hydrogen-bond donors (Lipinski definition) is 3. The molecule has 2 aliphatic rings. The van der Waals surface area contributed by atoms with Crippen molar-refractivity contribution in [2.45, 2.75) is 63.6 Å². The third kappa shape index (κ3) is 3.08. The Labute approximate surface area is 169 Å². The lowest BCUT2D eigenvalue weighted by atomic mass is 9.70. The lowest BCUT2D eigenvalue weighted by Crippen LogP contribution is -2.58. The van der Waals surface area contributed by atoms with Crippen LogP contribution < -0.4 is 4.74 Å². The summed E-state index contributed by atoms with van der Waals surface area (Å²) in [5.41, 5.74) is 1.92. The summed E-state index contributed by atoms with van der Waals surface area (Å²) in [6.07, 6.45) is -1.13. The molecule has 0 bridgehead atoms. The third-order valence-electron chi connectivity index (χ3n) is 6.24. The summed E-state index contributed by atoms with van der Waals surface area (Å²) >= 11 is 1.80. The molecule has 0 amide bonds. The van der Waals surface area contributed by atoms with Crippen molar-refractivity contribution in [3.63, 3.8) is 0 Å². The zero-order valence-corrected chi connectivity index (χ0v) is 17.3. The Hall–Kier alpha value is -1.44. The van der Waals surface area contributed by atoms with Crippen LogP contribution in [0.3, 0.4) is 0 Å². The van der Waals surface area contributed by atoms with E-state index in [0.717, 1.165) is 35.3 Å². The zero-order chi connectivity index (χ0) is 20.1. The highest BCUT2D eigenvalue weighted by Crippen LogP contribution is 2.50. The van der Waals surface area contributed by atoms with Crippen LogP contribution in [-0.2, 0) is 29.8 Å². The summed E-state index contributed by atoms with van der Waals surface area (Å²) < 4.78 is 11.7. The number of fused-ring (bicyclic) bond motifs is 2. The number of aliphatic hydroxyl groups is 3. The fourth-order valence-electron chi connectivity index (χ4n) is 4.62. The Balaban J connectivity index is 1.75. The Morgan fingerprint density at radius 2 is 1.93 bits per heavy atom. The number of benzene rings is 1. The molecule has 2 aromatic rings. The molecule has 1 aromatic heterocycles. The molecule has 1 saturated carbocycles. The molecular weight excluding hydrogens is 376 g/mol. The van der Waals surface area contributed by atoms with E-state index in [1.165, 1.54) is 9.75 Å². The lowest BCUT2D eigenvalue weighted by Gasteiger charge is -2.46. The predicted molar refractivity (Wildman–Crippen MR) is 108 cm³/mol. The van der Waals surface area contributed by atoms with Gasteiger partial charge in [0.2, 0.25) is 0 Å². The predicted octanol–water partition coefficient (Wildman–Crippen LogP) is 2.76. The Bertz CT molecular complexity index is 863. The van der Waals surface area contributed by atoms with Gasteiger partial charge in [0.25, 0.3) is 0 Å². The number of methoxy groups -OCH3 is 1. The highest BCUT2D eigenvalue weighted by molar-refractivity contribution is 7.12. The number of thiophene rings is 1. The molecule has 1 aliphatic heterocycles. The fraction of sp³-hybridized carbons (Fsp3) is 0.545. The largest absolute Gasteiger partial charge is 0.496 e. The molecule has 0 saturated heterocycles. The molecular formula is C22H28O5S. The number of aliphatic hydroxyl groups excluding tert-OH is 3. The Morgan fingerprint density at radius 1 is 1.18 bits per heavy atom. The van der Waals surface area contributed by atoms with Crippen molar-refractivity contribution in [3.8, 4) is 5.75 Å². The van der Waals surface area contributed by atoms with Gasteiger partial charge in [-0.2, -0.15) is 0 Å². The van der Waals surface area contributed by atoms with Crippen LogP contribution in [0.25, 0.3) is 0 Å². The topological polar surface area (TPSA) is 79.2 Å². The van der Waals surface area contributed by atoms with Crippen molar-refractivity contribution in [1.82, 2.24) is 0 Å². The molecule has 0 radical (unpaired) electrons. The Kier molecular flexibility index (Phi) is 5.27. The monoisotopic (exact) mass is 404 g/mol. The van der Waals surface area contributed by atoms with E-state index < -0.39 is 23.9 Å². The van der Waals surface area contributed by atoms with Crippen LogP contribution >= 0.6 is 11.3 Å². The van der Waals surface area contributed by atoms with Crippen molar-refractivity contribution in [2.24, 2.45) is 5.92 Å². The van der Waals surface area contributed by atoms with Crippen LogP contribution in [-0.4, -0.2) is 40.7 Å². The second kappa shape index (κ2) is 7.43. The van der Waals surface area contributed by atoms with Gasteiger partial charge in [0.1, 0.15) is 23.6 Å². The van der Waals surface area contributed by atoms with Crippen LogP contribution in [0.15, 0.2) is 24.3 Å². The average molecular weight is 405 g/mol. The highest BCUT2D eigenvalue weighted by atomic mass is 32.1. The lowest BCUT2D eigenvalue weighted by molar-refractivity contribution is -0.222. The van der Waals surface area contributed by atoms with E-state index in [2.05, 4.69) is 25.1 Å². The average Bonchev–Trinajstić information content (AvgIpc) is 3.29. The van der Waals surface area contributed by atoms with Crippen LogP contribution in [0.2, 0.25) is 0 Å². The SMILES string of the molecule is CCc1ccc(Cc2cc3c(cc2OC)CO[C@]32C[C@H](C)[C@@H](O)[C@H](O)[C@H]2O)s1. The summed E-state index contributed by atoms with van der Waals surface area (Å²) in [5, 5.41) is 31.4. The molecule has 1 fully saturated rings. The van der Waals surface area contributed by atoms with Gasteiger partial charge in [-0.3, -0.25) is 0 Å². The third-order valence-corrected chi connectivity index (χ3v) is 7.47. The molecule has 5 nitrogen and oxygen atoms in total. The summed E-state index contributed by atoms with van der Waals surface area (Å²) in [6.45, 7) is 4.39. The van der Waals surface area contributed by atoms with Crippen molar-refractivity contribution >= 4 is 11.3 Å². The molecule has 1 aliphatic carbocycles. The maximum atomic E-state index is 10.8. The molecule has 4 rings (SSSR count). The van der Waals surface area contributed by atoms with E-state index in [4.69, 9.17) is 9.47 Å². The smallest absolute Gasteiger partial charge is 0.123 e. The quantitative estimate of drug-likeness (QED) is 0.730. The van der Waals surface area contributed by atoms with Gasteiger partial charge in [0, 0.05) is 16.2 Å². The van der Waals surface area contributed by atoms with E-state index in [-0.39, 0.29) is 5.92 Å². The van der Waals surface area contributed by atoms with E-state index in [1.807, 2.05) is 13.0 Å². The van der Waals surface area contributed by atoms with E-state index in [0.29, 0.717) is 13.0 Å². The summed E-state index contributed by atoms with van der Waals surface area (Å²) in [5.74, 6) is 0.629. The van der Waals surface area contributed by atoms with Gasteiger partial charge >= 0.3 is 0 Å². The van der Waals surface area contributed by atoms with Crippen molar-refractivity contribution in [2.75, 3.05) is 7.11 Å². The molecule has 5 atom stereocenters. The maximum Gasteiger partial charge on any atom is 0.123 e. The molecule has 28 heavy (non-hydrogen) atoms. The molecule has 6 heteroatoms. The van der Waals surface area contributed by atoms with Gasteiger partial charge in [0.15, 0.2) is 0 Å². The fourth-order valence-corrected chi connectivity index (χ4v) is 5.60. The zero-order valence-electron chi connectivity index (χ0n) is 16.5. The molecule has 0 unspecified atom stereocenters. The molecule has 3 N–H and O–H groups in total. The first-order valence-electron chi connectivity index (χ1n) is 9.85. The number of hydrogen-bond acceptors (Lipinski definition) is 6. The van der Waals surface area contributed by atoms with Crippen LogP contribution in [0, 0.1) is 5.92 Å². The van der Waals surface area contributed by atoms with Crippen LogP contribution in [0.1, 0.15) is 46.7 Å².